The number of anilines is 3. The third-order valence-electron chi connectivity index (χ3n) is 6.02. The summed E-state index contributed by atoms with van der Waals surface area (Å²) in [7, 11) is 1.60. The zero-order chi connectivity index (χ0) is 24.2. The zero-order valence-corrected chi connectivity index (χ0v) is 20.0. The lowest BCUT2D eigenvalue weighted by atomic mass is 10.0. The Balaban J connectivity index is 1.73. The molecule has 1 aliphatic rings. The number of nitrogens with zero attached hydrogens (tertiary/aromatic N) is 2. The molecule has 0 fully saturated rings. The molecule has 6 nitrogen and oxygen atoms in total. The molecule has 2 amide bonds. The van der Waals surface area contributed by atoms with E-state index in [9.17, 15) is 9.59 Å². The highest BCUT2D eigenvalue weighted by Gasteiger charge is 2.40. The number of methoxy groups -OCH3 is 1. The summed E-state index contributed by atoms with van der Waals surface area (Å²) in [4.78, 5) is 30.6. The molecule has 1 heterocycles. The molecule has 4 rings (SSSR count). The minimum atomic E-state index is -0.382. The fourth-order valence-corrected chi connectivity index (χ4v) is 4.09. The molecule has 1 aliphatic heterocycles. The Labute approximate surface area is 200 Å². The molecule has 0 atom stereocenters. The molecular formula is C28H29N3O3. The van der Waals surface area contributed by atoms with Crippen molar-refractivity contribution in [2.45, 2.75) is 20.8 Å². The van der Waals surface area contributed by atoms with Gasteiger partial charge in [-0.1, -0.05) is 29.8 Å². The average molecular weight is 456 g/mol. The third kappa shape index (κ3) is 4.39. The maximum atomic E-state index is 13.6. The number of carbonyl (C=O) groups is 2. The smallest absolute Gasteiger partial charge is 0.282 e. The van der Waals surface area contributed by atoms with Crippen molar-refractivity contribution in [1.29, 1.82) is 0 Å². The minimum absolute atomic E-state index is 0.256. The van der Waals surface area contributed by atoms with Gasteiger partial charge in [-0.3, -0.25) is 9.59 Å². The first-order valence-electron chi connectivity index (χ1n) is 11.4. The van der Waals surface area contributed by atoms with Crippen LogP contribution >= 0.6 is 0 Å². The first kappa shape index (κ1) is 23.1. The number of benzene rings is 3. The van der Waals surface area contributed by atoms with Crippen LogP contribution in [-0.4, -0.2) is 32.0 Å². The fraction of sp³-hybridized carbons (Fsp3) is 0.214. The molecule has 1 N–H and O–H groups in total. The van der Waals surface area contributed by atoms with Crippen LogP contribution in [0.4, 0.5) is 17.1 Å². The van der Waals surface area contributed by atoms with Crippen LogP contribution in [0, 0.1) is 6.92 Å². The highest BCUT2D eigenvalue weighted by molar-refractivity contribution is 6.46. The molecule has 34 heavy (non-hydrogen) atoms. The molecule has 0 unspecified atom stereocenters. The Kier molecular flexibility index (Phi) is 6.68. The molecule has 0 radical (unpaired) electrons. The Bertz CT molecular complexity index is 1210. The second-order valence-corrected chi connectivity index (χ2v) is 8.10. The van der Waals surface area contributed by atoms with Crippen molar-refractivity contribution in [1.82, 2.24) is 0 Å². The van der Waals surface area contributed by atoms with E-state index in [1.165, 1.54) is 4.90 Å². The van der Waals surface area contributed by atoms with E-state index >= 15 is 0 Å². The van der Waals surface area contributed by atoms with Crippen molar-refractivity contribution < 1.29 is 14.3 Å². The number of ether oxygens (including phenoxy) is 1. The summed E-state index contributed by atoms with van der Waals surface area (Å²) in [5.74, 6) is -0.0190. The number of hydrogen-bond acceptors (Lipinski definition) is 5. The van der Waals surface area contributed by atoms with E-state index in [1.54, 1.807) is 19.2 Å². The summed E-state index contributed by atoms with van der Waals surface area (Å²) in [6, 6.07) is 22.4. The number of amides is 2. The van der Waals surface area contributed by atoms with Gasteiger partial charge in [-0.05, 0) is 74.9 Å². The van der Waals surface area contributed by atoms with E-state index in [2.05, 4.69) is 24.1 Å². The molecule has 0 bridgehead atoms. The topological polar surface area (TPSA) is 61.9 Å². The van der Waals surface area contributed by atoms with Crippen LogP contribution in [0.2, 0.25) is 0 Å². The van der Waals surface area contributed by atoms with Gasteiger partial charge in [0, 0.05) is 24.5 Å². The van der Waals surface area contributed by atoms with Crippen molar-refractivity contribution in [2.24, 2.45) is 0 Å². The zero-order valence-electron chi connectivity index (χ0n) is 20.0. The Hall–Kier alpha value is -4.06. The SMILES string of the molecule is CCN(CC)c1ccc(N2C(=O)C(Nc3ccc(OC)cc3)=C(c3ccc(C)cc3)C2=O)cc1. The number of nitrogens with one attached hydrogen (secondary N) is 1. The molecular weight excluding hydrogens is 426 g/mol. The molecule has 0 saturated carbocycles. The van der Waals surface area contributed by atoms with Gasteiger partial charge in [0.2, 0.25) is 0 Å². The fourth-order valence-electron chi connectivity index (χ4n) is 4.09. The summed E-state index contributed by atoms with van der Waals surface area (Å²) in [5.41, 5.74) is 4.68. The van der Waals surface area contributed by atoms with Crippen molar-refractivity contribution >= 4 is 34.4 Å². The highest BCUT2D eigenvalue weighted by Crippen LogP contribution is 2.34. The standard InChI is InChI=1S/C28H29N3O3/c1-5-30(6-2)22-13-15-23(16-14-22)31-27(32)25(20-9-7-19(3)8-10-20)26(28(31)33)29-21-11-17-24(34-4)18-12-21/h7-18,29H,5-6H2,1-4H3. The number of rotatable bonds is 8. The van der Waals surface area contributed by atoms with Crippen LogP contribution in [-0.2, 0) is 9.59 Å². The second-order valence-electron chi connectivity index (χ2n) is 8.10. The van der Waals surface area contributed by atoms with Gasteiger partial charge in [0.15, 0.2) is 0 Å². The van der Waals surface area contributed by atoms with E-state index in [0.29, 0.717) is 28.3 Å². The van der Waals surface area contributed by atoms with Crippen LogP contribution in [0.1, 0.15) is 25.0 Å². The van der Waals surface area contributed by atoms with E-state index in [-0.39, 0.29) is 17.5 Å². The first-order chi connectivity index (χ1) is 16.5. The largest absolute Gasteiger partial charge is 0.497 e. The molecule has 3 aromatic carbocycles. The van der Waals surface area contributed by atoms with Crippen LogP contribution in [0.3, 0.4) is 0 Å². The molecule has 0 aromatic heterocycles. The predicted octanol–water partition coefficient (Wildman–Crippen LogP) is 5.25. The summed E-state index contributed by atoms with van der Waals surface area (Å²) < 4.78 is 5.22. The molecule has 0 spiro atoms. The maximum Gasteiger partial charge on any atom is 0.282 e. The number of carbonyl (C=O) groups excluding carboxylic acids is 2. The van der Waals surface area contributed by atoms with Crippen LogP contribution in [0.25, 0.3) is 5.57 Å². The van der Waals surface area contributed by atoms with Crippen molar-refractivity contribution in [3.8, 4) is 5.75 Å². The van der Waals surface area contributed by atoms with Crippen LogP contribution < -0.4 is 19.9 Å². The van der Waals surface area contributed by atoms with Gasteiger partial charge in [0.25, 0.3) is 11.8 Å². The van der Waals surface area contributed by atoms with Gasteiger partial charge in [-0.25, -0.2) is 4.90 Å². The number of imide groups is 1. The van der Waals surface area contributed by atoms with Gasteiger partial charge in [0.05, 0.1) is 18.4 Å². The minimum Gasteiger partial charge on any atom is -0.497 e. The Morgan fingerprint density at radius 2 is 1.44 bits per heavy atom. The van der Waals surface area contributed by atoms with Crippen LogP contribution in [0.15, 0.2) is 78.5 Å². The lowest BCUT2D eigenvalue weighted by molar-refractivity contribution is -0.120. The lowest BCUT2D eigenvalue weighted by Gasteiger charge is -2.22. The monoisotopic (exact) mass is 455 g/mol. The molecule has 3 aromatic rings. The maximum absolute atomic E-state index is 13.6. The average Bonchev–Trinajstić information content (AvgIpc) is 3.10. The quantitative estimate of drug-likeness (QED) is 0.470. The summed E-state index contributed by atoms with van der Waals surface area (Å²) in [6.07, 6.45) is 0. The van der Waals surface area contributed by atoms with E-state index in [1.807, 2.05) is 67.6 Å². The second kappa shape index (κ2) is 9.83. The summed E-state index contributed by atoms with van der Waals surface area (Å²) >= 11 is 0. The molecule has 6 heteroatoms. The van der Waals surface area contributed by atoms with E-state index < -0.39 is 0 Å². The van der Waals surface area contributed by atoms with Gasteiger partial charge < -0.3 is 15.0 Å². The molecule has 174 valence electrons. The van der Waals surface area contributed by atoms with Crippen molar-refractivity contribution in [3.05, 3.63) is 89.6 Å². The Morgan fingerprint density at radius 1 is 0.824 bits per heavy atom. The molecule has 0 aliphatic carbocycles. The summed E-state index contributed by atoms with van der Waals surface area (Å²) in [5, 5.41) is 3.19. The number of hydrogen-bond donors (Lipinski definition) is 1. The first-order valence-corrected chi connectivity index (χ1v) is 11.4. The predicted molar refractivity (Wildman–Crippen MR) is 137 cm³/mol. The molecule has 0 saturated heterocycles. The van der Waals surface area contributed by atoms with Crippen LogP contribution in [0.5, 0.6) is 5.75 Å². The Morgan fingerprint density at radius 3 is 2.00 bits per heavy atom. The highest BCUT2D eigenvalue weighted by atomic mass is 16.5. The van der Waals surface area contributed by atoms with Gasteiger partial charge >= 0.3 is 0 Å². The van der Waals surface area contributed by atoms with Gasteiger partial charge in [0.1, 0.15) is 11.4 Å². The lowest BCUT2D eigenvalue weighted by Crippen LogP contribution is -2.32. The van der Waals surface area contributed by atoms with E-state index in [4.69, 9.17) is 4.74 Å². The van der Waals surface area contributed by atoms with E-state index in [0.717, 1.165) is 24.3 Å². The number of aryl methyl sites for hydroxylation is 1. The third-order valence-corrected chi connectivity index (χ3v) is 6.02. The van der Waals surface area contributed by atoms with Gasteiger partial charge in [-0.15, -0.1) is 0 Å². The van der Waals surface area contributed by atoms with Gasteiger partial charge in [-0.2, -0.15) is 0 Å². The normalized spacial score (nSPS) is 13.5. The summed E-state index contributed by atoms with van der Waals surface area (Å²) in [6.45, 7) is 7.94. The van der Waals surface area contributed by atoms with Crippen molar-refractivity contribution in [2.75, 3.05) is 35.3 Å². The van der Waals surface area contributed by atoms with Crippen molar-refractivity contribution in [3.63, 3.8) is 0 Å².